The summed E-state index contributed by atoms with van der Waals surface area (Å²) in [6, 6.07) is 18.4. The van der Waals surface area contributed by atoms with Crippen LogP contribution in [0.15, 0.2) is 54.6 Å². The molecule has 0 aromatic heterocycles. The van der Waals surface area contributed by atoms with E-state index in [4.69, 9.17) is 14.2 Å². The van der Waals surface area contributed by atoms with Gasteiger partial charge in [0.2, 0.25) is 0 Å². The van der Waals surface area contributed by atoms with Crippen LogP contribution >= 0.6 is 0 Å². The predicted molar refractivity (Wildman–Crippen MR) is 111 cm³/mol. The molecule has 2 aromatic rings. The summed E-state index contributed by atoms with van der Waals surface area (Å²) in [6.07, 6.45) is 3.15. The number of rotatable bonds is 11. The predicted octanol–water partition coefficient (Wildman–Crippen LogP) is 5.16. The Kier molecular flexibility index (Phi) is 7.94. The van der Waals surface area contributed by atoms with Gasteiger partial charge in [-0.05, 0) is 48.9 Å². The van der Waals surface area contributed by atoms with Crippen molar-refractivity contribution in [3.63, 3.8) is 0 Å². The molecule has 5 heteroatoms. The molecule has 0 bridgehead atoms. The van der Waals surface area contributed by atoms with Crippen molar-refractivity contribution in [3.8, 4) is 5.75 Å². The third-order valence-electron chi connectivity index (χ3n) is 5.30. The molecule has 1 fully saturated rings. The van der Waals surface area contributed by atoms with Gasteiger partial charge in [0.1, 0.15) is 18.5 Å². The van der Waals surface area contributed by atoms with E-state index < -0.39 is 6.16 Å². The van der Waals surface area contributed by atoms with Crippen LogP contribution in [-0.2, 0) is 27.2 Å². The minimum absolute atomic E-state index is 0.171. The van der Waals surface area contributed by atoms with Crippen molar-refractivity contribution in [3.05, 3.63) is 65.7 Å². The highest BCUT2D eigenvalue weighted by Gasteiger charge is 2.36. The first kappa shape index (κ1) is 21.2. The first-order valence-electron chi connectivity index (χ1n) is 10.3. The molecule has 0 unspecified atom stereocenters. The van der Waals surface area contributed by atoms with Gasteiger partial charge in [0.05, 0.1) is 19.8 Å². The summed E-state index contributed by atoms with van der Waals surface area (Å²) in [7, 11) is 1.34. The lowest BCUT2D eigenvalue weighted by Gasteiger charge is -2.22. The van der Waals surface area contributed by atoms with E-state index in [0.29, 0.717) is 6.61 Å². The SMILES string of the molecule is COC(=O)O[C@H](CCCCc1cccc(OCc2ccccc2)c1)[C@@H](C)[C@@H]1CO1. The number of benzene rings is 2. The fraction of sp³-hybridized carbons (Fsp3) is 0.458. The van der Waals surface area contributed by atoms with E-state index in [-0.39, 0.29) is 18.1 Å². The third-order valence-corrected chi connectivity index (χ3v) is 5.30. The number of carbonyl (C=O) groups excluding carboxylic acids is 1. The van der Waals surface area contributed by atoms with Gasteiger partial charge in [0.15, 0.2) is 0 Å². The molecule has 1 heterocycles. The average Bonchev–Trinajstić information content (AvgIpc) is 3.60. The van der Waals surface area contributed by atoms with Crippen LogP contribution in [-0.4, -0.2) is 32.1 Å². The molecule has 2 aromatic carbocycles. The van der Waals surface area contributed by atoms with Gasteiger partial charge in [-0.3, -0.25) is 0 Å². The second-order valence-corrected chi connectivity index (χ2v) is 7.51. The van der Waals surface area contributed by atoms with Crippen LogP contribution in [0.25, 0.3) is 0 Å². The topological polar surface area (TPSA) is 57.3 Å². The quantitative estimate of drug-likeness (QED) is 0.297. The molecule has 0 amide bonds. The highest BCUT2D eigenvalue weighted by Crippen LogP contribution is 2.28. The molecule has 0 N–H and O–H groups in total. The van der Waals surface area contributed by atoms with Crippen molar-refractivity contribution in [2.45, 2.75) is 51.4 Å². The normalized spacial score (nSPS) is 17.2. The number of hydrogen-bond donors (Lipinski definition) is 0. The zero-order chi connectivity index (χ0) is 20.5. The number of methoxy groups -OCH3 is 1. The van der Waals surface area contributed by atoms with Gasteiger partial charge in [-0.1, -0.05) is 49.4 Å². The first-order chi connectivity index (χ1) is 14.2. The van der Waals surface area contributed by atoms with E-state index in [1.165, 1.54) is 12.7 Å². The van der Waals surface area contributed by atoms with Crippen molar-refractivity contribution >= 4 is 6.16 Å². The maximum absolute atomic E-state index is 11.5. The van der Waals surface area contributed by atoms with Crippen molar-refractivity contribution in [2.75, 3.05) is 13.7 Å². The summed E-state index contributed by atoms with van der Waals surface area (Å²) in [5.41, 5.74) is 2.41. The Hall–Kier alpha value is -2.53. The molecule has 3 rings (SSSR count). The Morgan fingerprint density at radius 3 is 2.59 bits per heavy atom. The molecule has 0 saturated carbocycles. The standard InChI is InChI=1S/C24H30O5/c1-18(23-17-28-23)22(29-24(25)26-2)14-7-6-9-19-12-8-13-21(15-19)27-16-20-10-4-3-5-11-20/h3-5,8,10-13,15,18,22-23H,6-7,9,14,16-17H2,1-2H3/t18-,22-,23+/m1/s1. The molecule has 0 aliphatic carbocycles. The molecule has 156 valence electrons. The van der Waals surface area contributed by atoms with Crippen LogP contribution < -0.4 is 4.74 Å². The molecule has 1 saturated heterocycles. The summed E-state index contributed by atoms with van der Waals surface area (Å²) in [5.74, 6) is 1.07. The molecule has 3 atom stereocenters. The number of unbranched alkanes of at least 4 members (excludes halogenated alkanes) is 1. The number of epoxide rings is 1. The van der Waals surface area contributed by atoms with E-state index >= 15 is 0 Å². The summed E-state index contributed by atoms with van der Waals surface area (Å²) in [4.78, 5) is 11.5. The monoisotopic (exact) mass is 398 g/mol. The highest BCUT2D eigenvalue weighted by molar-refractivity contribution is 5.59. The largest absolute Gasteiger partial charge is 0.508 e. The number of carbonyl (C=O) groups is 1. The van der Waals surface area contributed by atoms with E-state index in [0.717, 1.165) is 43.6 Å². The summed E-state index contributed by atoms with van der Waals surface area (Å²) < 4.78 is 21.4. The Balaban J connectivity index is 1.43. The van der Waals surface area contributed by atoms with Gasteiger partial charge in [-0.2, -0.15) is 0 Å². The van der Waals surface area contributed by atoms with E-state index in [9.17, 15) is 4.79 Å². The lowest BCUT2D eigenvalue weighted by molar-refractivity contribution is 0.00617. The van der Waals surface area contributed by atoms with Gasteiger partial charge >= 0.3 is 6.16 Å². The van der Waals surface area contributed by atoms with Gasteiger partial charge in [0.25, 0.3) is 0 Å². The van der Waals surface area contributed by atoms with Crippen molar-refractivity contribution < 1.29 is 23.7 Å². The summed E-state index contributed by atoms with van der Waals surface area (Å²) in [5, 5.41) is 0. The lowest BCUT2D eigenvalue weighted by atomic mass is 9.95. The molecule has 5 nitrogen and oxygen atoms in total. The van der Waals surface area contributed by atoms with Gasteiger partial charge in [-0.15, -0.1) is 0 Å². The van der Waals surface area contributed by atoms with Crippen LogP contribution in [0.3, 0.4) is 0 Å². The fourth-order valence-corrected chi connectivity index (χ4v) is 3.41. The molecule has 0 spiro atoms. The Labute approximate surface area is 172 Å². The molecule has 1 aliphatic rings. The van der Waals surface area contributed by atoms with Gasteiger partial charge in [0, 0.05) is 5.92 Å². The van der Waals surface area contributed by atoms with Gasteiger partial charge in [-0.25, -0.2) is 4.79 Å². The number of hydrogen-bond acceptors (Lipinski definition) is 5. The number of aryl methyl sites for hydroxylation is 1. The zero-order valence-corrected chi connectivity index (χ0v) is 17.2. The van der Waals surface area contributed by atoms with Gasteiger partial charge < -0.3 is 18.9 Å². The van der Waals surface area contributed by atoms with E-state index in [1.807, 2.05) is 30.3 Å². The van der Waals surface area contributed by atoms with Crippen molar-refractivity contribution in [1.82, 2.24) is 0 Å². The Bertz CT molecular complexity index is 757. The third kappa shape index (κ3) is 7.09. The summed E-state index contributed by atoms with van der Waals surface area (Å²) >= 11 is 0. The average molecular weight is 398 g/mol. The van der Waals surface area contributed by atoms with E-state index in [2.05, 4.69) is 35.9 Å². The van der Waals surface area contributed by atoms with Crippen molar-refractivity contribution in [2.24, 2.45) is 5.92 Å². The second-order valence-electron chi connectivity index (χ2n) is 7.51. The zero-order valence-electron chi connectivity index (χ0n) is 17.2. The van der Waals surface area contributed by atoms with Crippen molar-refractivity contribution in [1.29, 1.82) is 0 Å². The first-order valence-corrected chi connectivity index (χ1v) is 10.3. The minimum Gasteiger partial charge on any atom is -0.489 e. The summed E-state index contributed by atoms with van der Waals surface area (Å²) in [6.45, 7) is 3.38. The van der Waals surface area contributed by atoms with Crippen LogP contribution in [0, 0.1) is 5.92 Å². The van der Waals surface area contributed by atoms with Crippen LogP contribution in [0.2, 0.25) is 0 Å². The molecule has 29 heavy (non-hydrogen) atoms. The van der Waals surface area contributed by atoms with Crippen LogP contribution in [0.1, 0.15) is 37.3 Å². The molecular weight excluding hydrogens is 368 g/mol. The fourth-order valence-electron chi connectivity index (χ4n) is 3.41. The maximum Gasteiger partial charge on any atom is 0.508 e. The highest BCUT2D eigenvalue weighted by atomic mass is 16.7. The van der Waals surface area contributed by atoms with E-state index in [1.54, 1.807) is 0 Å². The minimum atomic E-state index is -0.620. The second kappa shape index (κ2) is 10.9. The smallest absolute Gasteiger partial charge is 0.489 e. The lowest BCUT2D eigenvalue weighted by Crippen LogP contribution is -2.28. The molecule has 1 aliphatic heterocycles. The van der Waals surface area contributed by atoms with Crippen LogP contribution in [0.4, 0.5) is 4.79 Å². The maximum atomic E-state index is 11.5. The Morgan fingerprint density at radius 2 is 1.86 bits per heavy atom. The molecular formula is C24H30O5. The molecule has 0 radical (unpaired) electrons. The Morgan fingerprint density at radius 1 is 1.10 bits per heavy atom. The van der Waals surface area contributed by atoms with Crippen LogP contribution in [0.5, 0.6) is 5.75 Å². The number of ether oxygens (including phenoxy) is 4.